The molecule has 0 aliphatic heterocycles. The van der Waals surface area contributed by atoms with Gasteiger partial charge in [-0.3, -0.25) is 4.89 Å². The number of aryl methyl sites for hydroxylation is 2. The molecule has 168 valence electrons. The smallest absolute Gasteiger partial charge is 0.372 e. The Labute approximate surface area is 180 Å². The van der Waals surface area contributed by atoms with Crippen LogP contribution >= 0.6 is 0 Å². The van der Waals surface area contributed by atoms with Crippen molar-refractivity contribution in [2.24, 2.45) is 0 Å². The van der Waals surface area contributed by atoms with Crippen LogP contribution in [0.5, 0.6) is 0 Å². The number of carbonyl (C=O) groups excluding carboxylic acids is 1. The number of rotatable bonds is 6. The van der Waals surface area contributed by atoms with Gasteiger partial charge in [0, 0.05) is 0 Å². The third-order valence-electron chi connectivity index (χ3n) is 3.96. The van der Waals surface area contributed by atoms with Crippen LogP contribution in [0.15, 0.2) is 53.4 Å². The van der Waals surface area contributed by atoms with E-state index in [1.54, 1.807) is 41.3 Å². The highest BCUT2D eigenvalue weighted by atomic mass is 32.2. The second-order valence-electron chi connectivity index (χ2n) is 7.18. The van der Waals surface area contributed by atoms with Gasteiger partial charge >= 0.3 is 5.97 Å². The number of carbonyl (C=O) groups is 1. The van der Waals surface area contributed by atoms with Crippen molar-refractivity contribution in [2.75, 3.05) is 20.6 Å². The van der Waals surface area contributed by atoms with Gasteiger partial charge in [-0.25, -0.2) is 13.2 Å². The van der Waals surface area contributed by atoms with E-state index in [1.165, 1.54) is 37.9 Å². The van der Waals surface area contributed by atoms with Crippen molar-refractivity contribution in [2.45, 2.75) is 44.9 Å². The van der Waals surface area contributed by atoms with Crippen molar-refractivity contribution in [3.63, 3.8) is 0 Å². The molecule has 2 aromatic carbocycles. The summed E-state index contributed by atoms with van der Waals surface area (Å²) in [6.07, 6.45) is 4.12. The molecule has 0 heterocycles. The fourth-order valence-corrected chi connectivity index (χ4v) is 2.65. The molecule has 0 aliphatic rings. The molecule has 8 heteroatoms. The first-order chi connectivity index (χ1) is 14.0. The van der Waals surface area contributed by atoms with E-state index < -0.39 is 16.1 Å². The average Bonchev–Trinajstić information content (AvgIpc) is 2.68. The van der Waals surface area contributed by atoms with Crippen molar-refractivity contribution in [3.05, 3.63) is 65.2 Å². The van der Waals surface area contributed by atoms with E-state index in [2.05, 4.69) is 25.9 Å². The van der Waals surface area contributed by atoms with E-state index in [4.69, 9.17) is 5.26 Å². The molecule has 2 aromatic rings. The lowest BCUT2D eigenvalue weighted by atomic mass is 10.2. The van der Waals surface area contributed by atoms with Crippen LogP contribution in [-0.2, 0) is 15.0 Å². The van der Waals surface area contributed by atoms with Crippen molar-refractivity contribution in [3.8, 4) is 0 Å². The van der Waals surface area contributed by atoms with E-state index in [1.807, 2.05) is 13.8 Å². The first-order valence-electron chi connectivity index (χ1n) is 9.75. The predicted molar refractivity (Wildman–Crippen MR) is 116 cm³/mol. The standard InChI is InChI=1S/C8H8O3.C7H17N.C7H8O3S/c1-6-2-4-7(5-3-6)8(9)11-10;1-4-5-6-7-8(2)3;1-6-2-4-7(5-3-6)11(8,9)10/h2-5,10H,1H3;4-7H2,1-3H3;2-5H,1H3,(H,8,9,10). The van der Waals surface area contributed by atoms with Gasteiger partial charge in [-0.2, -0.15) is 5.26 Å². The zero-order chi connectivity index (χ0) is 23.2. The largest absolute Gasteiger partial charge is 0.744 e. The Morgan fingerprint density at radius 3 is 1.80 bits per heavy atom. The maximum atomic E-state index is 10.7. The maximum absolute atomic E-state index is 10.7. The topological polar surface area (TPSA) is 108 Å². The van der Waals surface area contributed by atoms with Gasteiger partial charge in [-0.15, -0.1) is 0 Å². The molecule has 7 nitrogen and oxygen atoms in total. The Balaban J connectivity index is 0.000000428. The molecule has 0 saturated heterocycles. The molecule has 0 unspecified atom stereocenters. The minimum Gasteiger partial charge on any atom is -0.744 e. The van der Waals surface area contributed by atoms with Gasteiger partial charge in [0.25, 0.3) is 0 Å². The normalized spacial score (nSPS) is 10.4. The average molecular weight is 440 g/mol. The summed E-state index contributed by atoms with van der Waals surface area (Å²) in [5.74, 6) is -0.731. The highest BCUT2D eigenvalue weighted by Crippen LogP contribution is 2.08. The van der Waals surface area contributed by atoms with Gasteiger partial charge in [0.05, 0.1) is 31.1 Å². The summed E-state index contributed by atoms with van der Waals surface area (Å²) in [7, 11) is 0.138. The third-order valence-corrected chi connectivity index (χ3v) is 4.81. The number of hydrogen-bond donors (Lipinski definition) is 2. The molecule has 0 fully saturated rings. The lowest BCUT2D eigenvalue weighted by Crippen LogP contribution is -3.05. The Morgan fingerprint density at radius 2 is 1.43 bits per heavy atom. The highest BCUT2D eigenvalue weighted by Gasteiger charge is 2.04. The van der Waals surface area contributed by atoms with E-state index in [0.29, 0.717) is 5.56 Å². The van der Waals surface area contributed by atoms with Crippen LogP contribution in [0.1, 0.15) is 47.7 Å². The first kappa shape index (κ1) is 27.7. The van der Waals surface area contributed by atoms with Crippen LogP contribution in [0.3, 0.4) is 0 Å². The molecule has 0 spiro atoms. The van der Waals surface area contributed by atoms with Crippen molar-refractivity contribution in [1.29, 1.82) is 0 Å². The summed E-state index contributed by atoms with van der Waals surface area (Å²) in [6, 6.07) is 12.5. The SMILES string of the molecule is CCCCC[NH+](C)C.Cc1ccc(C(=O)OO)cc1.Cc1ccc(S(=O)(=O)[O-])cc1. The summed E-state index contributed by atoms with van der Waals surface area (Å²) in [5.41, 5.74) is 2.33. The summed E-state index contributed by atoms with van der Waals surface area (Å²) >= 11 is 0. The van der Waals surface area contributed by atoms with Crippen LogP contribution in [0.2, 0.25) is 0 Å². The molecule has 0 saturated carbocycles. The highest BCUT2D eigenvalue weighted by molar-refractivity contribution is 7.85. The molecule has 2 rings (SSSR count). The second-order valence-corrected chi connectivity index (χ2v) is 8.56. The summed E-state index contributed by atoms with van der Waals surface area (Å²) in [6.45, 7) is 7.30. The van der Waals surface area contributed by atoms with E-state index in [9.17, 15) is 17.8 Å². The first-order valence-corrected chi connectivity index (χ1v) is 11.2. The maximum Gasteiger partial charge on any atom is 0.372 e. The minimum atomic E-state index is -4.27. The number of hydrogen-bond acceptors (Lipinski definition) is 6. The van der Waals surface area contributed by atoms with Gasteiger partial charge < -0.3 is 9.45 Å². The van der Waals surface area contributed by atoms with Crippen LogP contribution in [0.4, 0.5) is 0 Å². The van der Waals surface area contributed by atoms with E-state index in [-0.39, 0.29) is 4.90 Å². The van der Waals surface area contributed by atoms with Gasteiger partial charge in [0.2, 0.25) is 0 Å². The summed E-state index contributed by atoms with van der Waals surface area (Å²) in [5, 5.41) is 8.01. The number of quaternary nitrogens is 1. The summed E-state index contributed by atoms with van der Waals surface area (Å²) in [4.78, 5) is 15.6. The monoisotopic (exact) mass is 439 g/mol. The number of unbranched alkanes of at least 4 members (excludes halogenated alkanes) is 2. The lowest BCUT2D eigenvalue weighted by molar-refractivity contribution is -0.858. The molecule has 30 heavy (non-hydrogen) atoms. The van der Waals surface area contributed by atoms with E-state index in [0.717, 1.165) is 11.1 Å². The number of benzene rings is 2. The zero-order valence-corrected chi connectivity index (χ0v) is 19.2. The van der Waals surface area contributed by atoms with Gasteiger partial charge in [-0.1, -0.05) is 48.7 Å². The Bertz CT molecular complexity index is 831. The zero-order valence-electron chi connectivity index (χ0n) is 18.3. The predicted octanol–water partition coefficient (Wildman–Crippen LogP) is 2.85. The quantitative estimate of drug-likeness (QED) is 0.310. The molecule has 0 aliphatic carbocycles. The fraction of sp³-hybridized carbons (Fsp3) is 0.409. The lowest BCUT2D eigenvalue weighted by Gasteiger charge is -2.05. The molecular weight excluding hydrogens is 406 g/mol. The van der Waals surface area contributed by atoms with Crippen LogP contribution in [0.25, 0.3) is 0 Å². The van der Waals surface area contributed by atoms with Gasteiger partial charge in [-0.05, 0) is 51.0 Å². The van der Waals surface area contributed by atoms with Crippen molar-refractivity contribution >= 4 is 16.1 Å². The molecule has 0 bridgehead atoms. The van der Waals surface area contributed by atoms with E-state index >= 15 is 0 Å². The molecule has 0 radical (unpaired) electrons. The molecular formula is C22H33NO6S. The fourth-order valence-electron chi connectivity index (χ4n) is 2.18. The number of nitrogens with one attached hydrogen (secondary N) is 1. The van der Waals surface area contributed by atoms with Crippen molar-refractivity contribution < 1.29 is 32.8 Å². The van der Waals surface area contributed by atoms with Crippen LogP contribution in [0, 0.1) is 13.8 Å². The molecule has 0 amide bonds. The Morgan fingerprint density at radius 1 is 0.967 bits per heavy atom. The Kier molecular flexibility index (Phi) is 13.6. The third kappa shape index (κ3) is 13.1. The van der Waals surface area contributed by atoms with Gasteiger partial charge in [0.1, 0.15) is 10.1 Å². The Hall–Kier alpha value is -2.26. The van der Waals surface area contributed by atoms with Crippen LogP contribution in [-0.4, -0.2) is 44.8 Å². The summed E-state index contributed by atoms with van der Waals surface area (Å²) < 4.78 is 31.2. The van der Waals surface area contributed by atoms with Gasteiger partial charge in [0.15, 0.2) is 0 Å². The second kappa shape index (κ2) is 14.7. The minimum absolute atomic E-state index is 0.178. The molecule has 0 atom stereocenters. The van der Waals surface area contributed by atoms with Crippen LogP contribution < -0.4 is 4.90 Å². The van der Waals surface area contributed by atoms with Crippen molar-refractivity contribution in [1.82, 2.24) is 0 Å². The molecule has 2 N–H and O–H groups in total. The molecule has 0 aromatic heterocycles.